The summed E-state index contributed by atoms with van der Waals surface area (Å²) in [4.78, 5) is 9.02. The molecule has 1 aromatic rings. The summed E-state index contributed by atoms with van der Waals surface area (Å²) >= 11 is 5.86. The number of hydrogen-bond donors (Lipinski definition) is 1. The molecule has 1 aliphatic rings. The molecule has 2 heterocycles. The van der Waals surface area contributed by atoms with Crippen LogP contribution in [-0.4, -0.2) is 29.2 Å². The lowest BCUT2D eigenvalue weighted by atomic mass is 10.1. The van der Waals surface area contributed by atoms with E-state index in [1.54, 1.807) is 0 Å². The van der Waals surface area contributed by atoms with Gasteiger partial charge in [-0.15, -0.1) is 0 Å². The van der Waals surface area contributed by atoms with Gasteiger partial charge in [0.25, 0.3) is 0 Å². The van der Waals surface area contributed by atoms with Gasteiger partial charge in [-0.3, -0.25) is 0 Å². The van der Waals surface area contributed by atoms with Crippen LogP contribution in [0.5, 0.6) is 0 Å². The molecule has 17 heavy (non-hydrogen) atoms. The van der Waals surface area contributed by atoms with E-state index in [0.29, 0.717) is 0 Å². The van der Waals surface area contributed by atoms with Crippen molar-refractivity contribution in [2.75, 3.05) is 23.7 Å². The molecule has 2 N–H and O–H groups in total. The summed E-state index contributed by atoms with van der Waals surface area (Å²) in [6.07, 6.45) is -2.94. The Morgan fingerprint density at radius 1 is 1.41 bits per heavy atom. The van der Waals surface area contributed by atoms with Gasteiger partial charge in [0.05, 0.1) is 5.92 Å². The maximum atomic E-state index is 12.5. The van der Waals surface area contributed by atoms with Crippen LogP contribution in [-0.2, 0) is 0 Å². The molecule has 4 nitrogen and oxygen atoms in total. The molecule has 94 valence electrons. The Morgan fingerprint density at radius 2 is 2.12 bits per heavy atom. The Morgan fingerprint density at radius 3 is 2.71 bits per heavy atom. The molecule has 0 aromatic carbocycles. The minimum absolute atomic E-state index is 0.0454. The molecule has 0 bridgehead atoms. The van der Waals surface area contributed by atoms with Gasteiger partial charge in [-0.25, -0.2) is 9.97 Å². The number of nitrogen functional groups attached to an aromatic ring is 1. The van der Waals surface area contributed by atoms with Gasteiger partial charge in [-0.05, 0) is 6.42 Å². The van der Waals surface area contributed by atoms with Gasteiger partial charge >= 0.3 is 6.18 Å². The predicted octanol–water partition coefficient (Wildman–Crippen LogP) is 2.10. The van der Waals surface area contributed by atoms with Crippen molar-refractivity contribution in [1.29, 1.82) is 0 Å². The van der Waals surface area contributed by atoms with Crippen molar-refractivity contribution >= 4 is 23.2 Å². The summed E-state index contributed by atoms with van der Waals surface area (Å²) in [7, 11) is 0. The first-order valence-electron chi connectivity index (χ1n) is 4.97. The lowest BCUT2D eigenvalue weighted by molar-refractivity contribution is -0.168. The Balaban J connectivity index is 2.18. The minimum Gasteiger partial charge on any atom is -0.382 e. The first kappa shape index (κ1) is 12.2. The zero-order valence-electron chi connectivity index (χ0n) is 8.71. The third-order valence-electron chi connectivity index (χ3n) is 2.75. The highest BCUT2D eigenvalue weighted by molar-refractivity contribution is 6.35. The van der Waals surface area contributed by atoms with E-state index in [1.807, 2.05) is 0 Å². The number of hydrogen-bond acceptors (Lipinski definition) is 4. The van der Waals surface area contributed by atoms with Crippen LogP contribution in [0.25, 0.3) is 0 Å². The van der Waals surface area contributed by atoms with E-state index >= 15 is 0 Å². The maximum Gasteiger partial charge on any atom is 0.393 e. The minimum atomic E-state index is -4.18. The number of nitrogens with zero attached hydrogens (tertiary/aromatic N) is 3. The standard InChI is InChI=1S/C9H10ClF3N4/c10-6-7(14)15-4-16-8(6)17-2-1-5(3-17)9(11,12)13/h4-5H,1-3H2,(H2,14,15,16). The Labute approximate surface area is 101 Å². The summed E-state index contributed by atoms with van der Waals surface area (Å²) in [5, 5.41) is 0.107. The highest BCUT2D eigenvalue weighted by atomic mass is 35.5. The molecule has 1 aromatic heterocycles. The van der Waals surface area contributed by atoms with Crippen LogP contribution in [0, 0.1) is 5.92 Å². The van der Waals surface area contributed by atoms with Crippen LogP contribution in [0.3, 0.4) is 0 Å². The smallest absolute Gasteiger partial charge is 0.382 e. The number of aromatic nitrogens is 2. The molecular weight excluding hydrogens is 257 g/mol. The second kappa shape index (κ2) is 4.21. The summed E-state index contributed by atoms with van der Waals surface area (Å²) in [5.41, 5.74) is 5.48. The molecule has 8 heteroatoms. The van der Waals surface area contributed by atoms with Crippen molar-refractivity contribution < 1.29 is 13.2 Å². The highest BCUT2D eigenvalue weighted by Gasteiger charge is 2.44. The lowest BCUT2D eigenvalue weighted by Crippen LogP contribution is -2.28. The molecule has 0 spiro atoms. The van der Waals surface area contributed by atoms with Gasteiger partial charge in [0.1, 0.15) is 17.2 Å². The van der Waals surface area contributed by atoms with Gasteiger partial charge < -0.3 is 10.6 Å². The van der Waals surface area contributed by atoms with Crippen LogP contribution in [0.1, 0.15) is 6.42 Å². The van der Waals surface area contributed by atoms with Crippen molar-refractivity contribution in [2.45, 2.75) is 12.6 Å². The molecule has 1 atom stereocenters. The maximum absolute atomic E-state index is 12.5. The number of halogens is 4. The average molecular weight is 267 g/mol. The molecule has 1 unspecified atom stereocenters. The molecule has 0 radical (unpaired) electrons. The summed E-state index contributed by atoms with van der Waals surface area (Å²) < 4.78 is 37.5. The third kappa shape index (κ3) is 2.38. The lowest BCUT2D eigenvalue weighted by Gasteiger charge is -2.19. The van der Waals surface area contributed by atoms with E-state index in [4.69, 9.17) is 17.3 Å². The molecule has 0 aliphatic carbocycles. The van der Waals surface area contributed by atoms with E-state index < -0.39 is 12.1 Å². The normalized spacial score (nSPS) is 20.9. The quantitative estimate of drug-likeness (QED) is 0.846. The fourth-order valence-corrected chi connectivity index (χ4v) is 2.03. The van der Waals surface area contributed by atoms with Crippen LogP contribution in [0.4, 0.5) is 24.8 Å². The molecule has 1 saturated heterocycles. The first-order chi connectivity index (χ1) is 7.89. The molecule has 2 rings (SSSR count). The second-order valence-electron chi connectivity index (χ2n) is 3.87. The van der Waals surface area contributed by atoms with Gasteiger partial charge in [0.2, 0.25) is 0 Å². The fraction of sp³-hybridized carbons (Fsp3) is 0.556. The van der Waals surface area contributed by atoms with Crippen molar-refractivity contribution in [3.05, 3.63) is 11.3 Å². The van der Waals surface area contributed by atoms with Crippen molar-refractivity contribution in [3.8, 4) is 0 Å². The summed E-state index contributed by atoms with van der Waals surface area (Å²) in [6.45, 7) is 0.125. The molecule has 1 aliphatic heterocycles. The molecule has 0 amide bonds. The number of anilines is 2. The summed E-state index contributed by atoms with van der Waals surface area (Å²) in [5.74, 6) is -0.993. The highest BCUT2D eigenvalue weighted by Crippen LogP contribution is 2.37. The topological polar surface area (TPSA) is 55.0 Å². The van der Waals surface area contributed by atoms with Gasteiger partial charge in [-0.1, -0.05) is 11.6 Å². The van der Waals surface area contributed by atoms with E-state index in [0.717, 1.165) is 0 Å². The van der Waals surface area contributed by atoms with Crippen molar-refractivity contribution in [1.82, 2.24) is 9.97 Å². The summed E-state index contributed by atoms with van der Waals surface area (Å²) in [6, 6.07) is 0. The Bertz CT molecular complexity index is 423. The number of rotatable bonds is 1. The fourth-order valence-electron chi connectivity index (χ4n) is 1.81. The van der Waals surface area contributed by atoms with Gasteiger partial charge in [-0.2, -0.15) is 13.2 Å². The van der Waals surface area contributed by atoms with E-state index in [9.17, 15) is 13.2 Å². The molecular formula is C9H10ClF3N4. The van der Waals surface area contributed by atoms with Crippen LogP contribution >= 0.6 is 11.6 Å². The predicted molar refractivity (Wildman–Crippen MR) is 57.8 cm³/mol. The van der Waals surface area contributed by atoms with E-state index in [2.05, 4.69) is 9.97 Å². The monoisotopic (exact) mass is 266 g/mol. The zero-order valence-corrected chi connectivity index (χ0v) is 9.46. The largest absolute Gasteiger partial charge is 0.393 e. The van der Waals surface area contributed by atoms with E-state index in [1.165, 1.54) is 11.2 Å². The van der Waals surface area contributed by atoms with E-state index in [-0.39, 0.29) is 36.2 Å². The Kier molecular flexibility index (Phi) is 3.03. The molecule has 1 fully saturated rings. The van der Waals surface area contributed by atoms with Crippen molar-refractivity contribution in [2.24, 2.45) is 5.92 Å². The van der Waals surface area contributed by atoms with Crippen molar-refractivity contribution in [3.63, 3.8) is 0 Å². The Hall–Kier alpha value is -1.24. The third-order valence-corrected chi connectivity index (χ3v) is 3.11. The van der Waals surface area contributed by atoms with Crippen LogP contribution in [0.2, 0.25) is 5.02 Å². The number of nitrogens with two attached hydrogens (primary N) is 1. The van der Waals surface area contributed by atoms with Gasteiger partial charge in [0, 0.05) is 13.1 Å². The SMILES string of the molecule is Nc1ncnc(N2CCC(C(F)(F)F)C2)c1Cl. The molecule has 0 saturated carbocycles. The van der Waals surface area contributed by atoms with Crippen LogP contribution < -0.4 is 10.6 Å². The number of alkyl halides is 3. The van der Waals surface area contributed by atoms with Gasteiger partial charge in [0.15, 0.2) is 5.82 Å². The van der Waals surface area contributed by atoms with Crippen LogP contribution in [0.15, 0.2) is 6.33 Å². The second-order valence-corrected chi connectivity index (χ2v) is 4.25. The zero-order chi connectivity index (χ0) is 12.6. The first-order valence-corrected chi connectivity index (χ1v) is 5.35. The average Bonchev–Trinajstić information content (AvgIpc) is 2.70.